The van der Waals surface area contributed by atoms with Gasteiger partial charge < -0.3 is 15.5 Å². The Balaban J connectivity index is 2.15. The molecule has 0 aliphatic heterocycles. The van der Waals surface area contributed by atoms with Crippen LogP contribution in [0.15, 0.2) is 22.8 Å². The molecule has 0 unspecified atom stereocenters. The molecule has 0 bridgehead atoms. The van der Waals surface area contributed by atoms with E-state index in [-0.39, 0.29) is 5.91 Å². The maximum Gasteiger partial charge on any atom is 0.271 e. The van der Waals surface area contributed by atoms with Crippen LogP contribution < -0.4 is 11.1 Å². The fraction of sp³-hybridized carbons (Fsp3) is 0.385. The van der Waals surface area contributed by atoms with E-state index in [0.717, 1.165) is 4.88 Å². The molecule has 0 aliphatic carbocycles. The first-order valence-corrected chi connectivity index (χ1v) is 6.77. The Labute approximate surface area is 115 Å². The first-order chi connectivity index (χ1) is 8.87. The van der Waals surface area contributed by atoms with Crippen LogP contribution in [0.3, 0.4) is 0 Å². The Morgan fingerprint density at radius 3 is 2.89 bits per heavy atom. The number of amides is 1. The standard InChI is InChI=1S/C13H17N3O2S/c1-8-10(11(17)15-7-13(2,3)14)16-12(19-8)9-5-4-6-18-9/h4-6H,7,14H2,1-3H3,(H,15,17). The summed E-state index contributed by atoms with van der Waals surface area (Å²) in [5.74, 6) is 0.469. The highest BCUT2D eigenvalue weighted by atomic mass is 32.1. The van der Waals surface area contributed by atoms with E-state index in [2.05, 4.69) is 10.3 Å². The van der Waals surface area contributed by atoms with Crippen LogP contribution in [-0.2, 0) is 0 Å². The molecule has 3 N–H and O–H groups in total. The van der Waals surface area contributed by atoms with Crippen molar-refractivity contribution in [1.29, 1.82) is 0 Å². The molecule has 0 atom stereocenters. The molecular weight excluding hydrogens is 262 g/mol. The summed E-state index contributed by atoms with van der Waals surface area (Å²) in [7, 11) is 0. The molecule has 102 valence electrons. The van der Waals surface area contributed by atoms with Crippen LogP contribution >= 0.6 is 11.3 Å². The molecule has 2 aromatic heterocycles. The molecule has 0 aromatic carbocycles. The van der Waals surface area contributed by atoms with Gasteiger partial charge in [0.15, 0.2) is 10.8 Å². The Hall–Kier alpha value is -1.66. The number of carbonyl (C=O) groups excluding carboxylic acids is 1. The zero-order valence-electron chi connectivity index (χ0n) is 11.2. The average molecular weight is 279 g/mol. The van der Waals surface area contributed by atoms with Gasteiger partial charge in [-0.1, -0.05) is 0 Å². The number of rotatable bonds is 4. The molecule has 2 rings (SSSR count). The van der Waals surface area contributed by atoms with Crippen LogP contribution in [-0.4, -0.2) is 23.0 Å². The zero-order chi connectivity index (χ0) is 14.0. The normalized spacial score (nSPS) is 11.6. The van der Waals surface area contributed by atoms with Gasteiger partial charge in [0, 0.05) is 17.0 Å². The number of carbonyl (C=O) groups is 1. The molecule has 6 heteroatoms. The molecule has 0 saturated heterocycles. The summed E-state index contributed by atoms with van der Waals surface area (Å²) in [6.07, 6.45) is 1.59. The molecule has 1 amide bonds. The van der Waals surface area contributed by atoms with Crippen molar-refractivity contribution in [2.75, 3.05) is 6.54 Å². The topological polar surface area (TPSA) is 81.2 Å². The predicted molar refractivity (Wildman–Crippen MR) is 75.2 cm³/mol. The fourth-order valence-corrected chi connectivity index (χ4v) is 2.38. The van der Waals surface area contributed by atoms with E-state index >= 15 is 0 Å². The summed E-state index contributed by atoms with van der Waals surface area (Å²) in [5.41, 5.74) is 5.82. The lowest BCUT2D eigenvalue weighted by molar-refractivity contribution is 0.0941. The van der Waals surface area contributed by atoms with Gasteiger partial charge in [-0.25, -0.2) is 4.98 Å². The number of nitrogens with one attached hydrogen (secondary N) is 1. The molecule has 2 aromatic rings. The molecule has 0 spiro atoms. The van der Waals surface area contributed by atoms with Crippen LogP contribution in [0.1, 0.15) is 29.2 Å². The Bertz CT molecular complexity index is 567. The number of aromatic nitrogens is 1. The third-order valence-electron chi connectivity index (χ3n) is 2.45. The quantitative estimate of drug-likeness (QED) is 0.898. The minimum atomic E-state index is -0.441. The largest absolute Gasteiger partial charge is 0.462 e. The SMILES string of the molecule is Cc1sc(-c2ccco2)nc1C(=O)NCC(C)(C)N. The van der Waals surface area contributed by atoms with Crippen molar-refractivity contribution in [2.45, 2.75) is 26.3 Å². The van der Waals surface area contributed by atoms with E-state index < -0.39 is 5.54 Å². The van der Waals surface area contributed by atoms with Crippen molar-refractivity contribution in [1.82, 2.24) is 10.3 Å². The first-order valence-electron chi connectivity index (χ1n) is 5.95. The molecule has 2 heterocycles. The van der Waals surface area contributed by atoms with Gasteiger partial charge in [-0.2, -0.15) is 0 Å². The van der Waals surface area contributed by atoms with E-state index in [4.69, 9.17) is 10.2 Å². The van der Waals surface area contributed by atoms with Crippen LogP contribution in [0.5, 0.6) is 0 Å². The van der Waals surface area contributed by atoms with Gasteiger partial charge in [0.1, 0.15) is 5.69 Å². The lowest BCUT2D eigenvalue weighted by Crippen LogP contribution is -2.45. The number of nitrogens with zero attached hydrogens (tertiary/aromatic N) is 1. The predicted octanol–water partition coefficient (Wildman–Crippen LogP) is 2.18. The summed E-state index contributed by atoms with van der Waals surface area (Å²) < 4.78 is 5.28. The summed E-state index contributed by atoms with van der Waals surface area (Å²) in [5, 5.41) is 3.50. The highest BCUT2D eigenvalue weighted by molar-refractivity contribution is 7.15. The third-order valence-corrected chi connectivity index (χ3v) is 3.43. The summed E-state index contributed by atoms with van der Waals surface area (Å²) in [6.45, 7) is 5.98. The smallest absolute Gasteiger partial charge is 0.271 e. The number of thiazole rings is 1. The second-order valence-electron chi connectivity index (χ2n) is 5.07. The molecule has 0 radical (unpaired) electrons. The van der Waals surface area contributed by atoms with E-state index in [1.807, 2.05) is 26.8 Å². The Morgan fingerprint density at radius 2 is 2.32 bits per heavy atom. The summed E-state index contributed by atoms with van der Waals surface area (Å²) >= 11 is 1.44. The van der Waals surface area contributed by atoms with E-state index in [1.165, 1.54) is 11.3 Å². The van der Waals surface area contributed by atoms with Gasteiger partial charge in [0.2, 0.25) is 0 Å². The number of hydrogen-bond donors (Lipinski definition) is 2. The van der Waals surface area contributed by atoms with Gasteiger partial charge in [0.25, 0.3) is 5.91 Å². The molecule has 0 aliphatic rings. The van der Waals surface area contributed by atoms with Crippen LogP contribution in [0.4, 0.5) is 0 Å². The maximum absolute atomic E-state index is 12.0. The fourth-order valence-electron chi connectivity index (χ4n) is 1.50. The Morgan fingerprint density at radius 1 is 1.58 bits per heavy atom. The maximum atomic E-state index is 12.0. The third kappa shape index (κ3) is 3.42. The summed E-state index contributed by atoms with van der Waals surface area (Å²) in [6, 6.07) is 3.62. The summed E-state index contributed by atoms with van der Waals surface area (Å²) in [4.78, 5) is 17.2. The van der Waals surface area contributed by atoms with Crippen LogP contribution in [0, 0.1) is 6.92 Å². The van der Waals surface area contributed by atoms with Crippen LogP contribution in [0.25, 0.3) is 10.8 Å². The van der Waals surface area contributed by atoms with Crippen molar-refractivity contribution in [2.24, 2.45) is 5.73 Å². The molecular formula is C13H17N3O2S. The highest BCUT2D eigenvalue weighted by Gasteiger charge is 2.19. The zero-order valence-corrected chi connectivity index (χ0v) is 12.0. The molecule has 19 heavy (non-hydrogen) atoms. The molecule has 5 nitrogen and oxygen atoms in total. The van der Waals surface area contributed by atoms with E-state index in [9.17, 15) is 4.79 Å². The van der Waals surface area contributed by atoms with E-state index in [0.29, 0.717) is 23.0 Å². The number of furan rings is 1. The first kappa shape index (κ1) is 13.8. The van der Waals surface area contributed by atoms with Gasteiger partial charge >= 0.3 is 0 Å². The van der Waals surface area contributed by atoms with Gasteiger partial charge in [-0.3, -0.25) is 4.79 Å². The van der Waals surface area contributed by atoms with Crippen molar-refractivity contribution in [3.8, 4) is 10.8 Å². The van der Waals surface area contributed by atoms with Gasteiger partial charge in [-0.05, 0) is 32.9 Å². The lowest BCUT2D eigenvalue weighted by atomic mass is 10.1. The van der Waals surface area contributed by atoms with Crippen molar-refractivity contribution < 1.29 is 9.21 Å². The number of nitrogens with two attached hydrogens (primary N) is 1. The van der Waals surface area contributed by atoms with E-state index in [1.54, 1.807) is 12.3 Å². The van der Waals surface area contributed by atoms with Crippen LogP contribution in [0.2, 0.25) is 0 Å². The minimum Gasteiger partial charge on any atom is -0.462 e. The molecule has 0 fully saturated rings. The van der Waals surface area contributed by atoms with Gasteiger partial charge in [0.05, 0.1) is 6.26 Å². The second kappa shape index (κ2) is 5.14. The van der Waals surface area contributed by atoms with Crippen molar-refractivity contribution in [3.05, 3.63) is 29.0 Å². The van der Waals surface area contributed by atoms with Crippen molar-refractivity contribution >= 4 is 17.2 Å². The highest BCUT2D eigenvalue weighted by Crippen LogP contribution is 2.27. The average Bonchev–Trinajstić information content (AvgIpc) is 2.93. The van der Waals surface area contributed by atoms with Crippen molar-refractivity contribution in [3.63, 3.8) is 0 Å². The monoisotopic (exact) mass is 279 g/mol. The number of hydrogen-bond acceptors (Lipinski definition) is 5. The number of aryl methyl sites for hydroxylation is 1. The molecule has 0 saturated carbocycles. The lowest BCUT2D eigenvalue weighted by Gasteiger charge is -2.18. The van der Waals surface area contributed by atoms with Gasteiger partial charge in [-0.15, -0.1) is 11.3 Å². The Kier molecular flexibility index (Phi) is 3.73. The second-order valence-corrected chi connectivity index (χ2v) is 6.28. The minimum absolute atomic E-state index is 0.204.